The number of aromatic nitrogens is 2. The molecule has 2 aromatic heterocycles. The Labute approximate surface area is 200 Å². The normalized spacial score (nSPS) is 17.5. The van der Waals surface area contributed by atoms with Crippen molar-refractivity contribution in [1.29, 1.82) is 0 Å². The van der Waals surface area contributed by atoms with Gasteiger partial charge in [0.15, 0.2) is 0 Å². The van der Waals surface area contributed by atoms with Crippen LogP contribution >= 0.6 is 0 Å². The molecule has 1 aliphatic heterocycles. The molecule has 0 spiro atoms. The number of amides is 2. The number of carbonyl (C=O) groups is 2. The van der Waals surface area contributed by atoms with Crippen molar-refractivity contribution in [3.8, 4) is 11.1 Å². The van der Waals surface area contributed by atoms with Crippen LogP contribution in [0, 0.1) is 5.92 Å². The summed E-state index contributed by atoms with van der Waals surface area (Å²) in [5, 5.41) is 3.82. The molecular weight excluding hydrogens is 454 g/mol. The number of hydrogen-bond acceptors (Lipinski definition) is 5. The number of benzene rings is 1. The van der Waals surface area contributed by atoms with Crippen molar-refractivity contribution >= 4 is 45.6 Å². The number of likely N-dealkylation sites (tertiary alicyclic amines) is 1. The van der Waals surface area contributed by atoms with Crippen LogP contribution in [-0.2, 0) is 20.9 Å². The first-order valence-electron chi connectivity index (χ1n) is 11.4. The van der Waals surface area contributed by atoms with Gasteiger partial charge < -0.3 is 19.8 Å². The van der Waals surface area contributed by atoms with Crippen LogP contribution in [0.15, 0.2) is 42.6 Å². The number of piperidine rings is 1. The predicted molar refractivity (Wildman–Crippen MR) is 130 cm³/mol. The van der Waals surface area contributed by atoms with Gasteiger partial charge in [0.05, 0.1) is 0 Å². The highest BCUT2D eigenvalue weighted by atomic mass is 32.2. The number of nitrogens with one attached hydrogen (secondary N) is 2. The summed E-state index contributed by atoms with van der Waals surface area (Å²) < 4.78 is 25.6. The summed E-state index contributed by atoms with van der Waals surface area (Å²) in [6.07, 6.45) is 4.81. The van der Waals surface area contributed by atoms with Crippen LogP contribution in [0.25, 0.3) is 22.2 Å². The molecule has 0 bridgehead atoms. The molecule has 0 radical (unpaired) electrons. The van der Waals surface area contributed by atoms with Crippen molar-refractivity contribution in [2.45, 2.75) is 38.6 Å². The molecule has 1 aliphatic carbocycles. The second-order valence-electron chi connectivity index (χ2n) is 8.89. The molecule has 2 amide bonds. The van der Waals surface area contributed by atoms with E-state index in [-0.39, 0.29) is 23.8 Å². The zero-order chi connectivity index (χ0) is 23.8. The fourth-order valence-electron chi connectivity index (χ4n) is 4.54. The van der Waals surface area contributed by atoms with Gasteiger partial charge in [0.1, 0.15) is 11.5 Å². The largest absolute Gasteiger partial charge is 0.755 e. The summed E-state index contributed by atoms with van der Waals surface area (Å²) in [7, 11) is 0. The van der Waals surface area contributed by atoms with Crippen LogP contribution in [0.3, 0.4) is 0 Å². The Morgan fingerprint density at radius 3 is 2.47 bits per heavy atom. The molecule has 34 heavy (non-hydrogen) atoms. The Bertz CT molecular complexity index is 1250. The molecule has 178 valence electrons. The molecule has 9 nitrogen and oxygen atoms in total. The Morgan fingerprint density at radius 1 is 1.15 bits per heavy atom. The summed E-state index contributed by atoms with van der Waals surface area (Å²) in [6.45, 7) is 2.62. The lowest BCUT2D eigenvalue weighted by Crippen LogP contribution is -2.47. The minimum absolute atomic E-state index is 0.0101. The fourth-order valence-corrected chi connectivity index (χ4v) is 5.28. The molecule has 3 aromatic rings. The number of H-pyrrole nitrogens is 1. The Kier molecular flexibility index (Phi) is 6.09. The van der Waals surface area contributed by atoms with Crippen LogP contribution in [-0.4, -0.2) is 54.6 Å². The molecule has 2 fully saturated rings. The van der Waals surface area contributed by atoms with Crippen molar-refractivity contribution in [3.63, 3.8) is 0 Å². The quantitative estimate of drug-likeness (QED) is 0.525. The van der Waals surface area contributed by atoms with E-state index in [0.29, 0.717) is 43.1 Å². The summed E-state index contributed by atoms with van der Waals surface area (Å²) >= 11 is -2.43. The monoisotopic (exact) mass is 480 g/mol. The topological polar surface area (TPSA) is 121 Å². The van der Waals surface area contributed by atoms with Crippen LogP contribution < -0.4 is 9.62 Å². The smallest absolute Gasteiger partial charge is 0.228 e. The maximum atomic E-state index is 12.2. The van der Waals surface area contributed by atoms with Gasteiger partial charge in [0.2, 0.25) is 11.8 Å². The van der Waals surface area contributed by atoms with E-state index in [4.69, 9.17) is 0 Å². The maximum Gasteiger partial charge on any atom is 0.228 e. The number of nitrogens with zero attached hydrogens (tertiary/aromatic N) is 3. The van der Waals surface area contributed by atoms with E-state index in [1.165, 1.54) is 11.2 Å². The van der Waals surface area contributed by atoms with Gasteiger partial charge in [-0.1, -0.05) is 12.1 Å². The van der Waals surface area contributed by atoms with Crippen molar-refractivity contribution < 1.29 is 18.4 Å². The van der Waals surface area contributed by atoms with Crippen LogP contribution in [0.2, 0.25) is 0 Å². The van der Waals surface area contributed by atoms with Crippen LogP contribution in [0.1, 0.15) is 32.6 Å². The molecule has 2 aliphatic rings. The Balaban J connectivity index is 1.41. The first-order chi connectivity index (χ1) is 16.4. The predicted octanol–water partition coefficient (Wildman–Crippen LogP) is 3.19. The third kappa shape index (κ3) is 4.55. The summed E-state index contributed by atoms with van der Waals surface area (Å²) in [5.74, 6) is 0.568. The second kappa shape index (κ2) is 9.19. The standard InChI is InChI=1S/C24H27N5O4S/c1-15(30)28-12-9-19(10-13-28)29(34(32)33)18-6-4-16(5-7-18)21-14-22(27-24(31)17-2-3-17)26-23-20(21)8-11-25-23/h4-8,11,14,17,19H,2-3,9-10,12-13H2,1H3,(H,32,33)(H2,25,26,27,31)/p-1. The van der Waals surface area contributed by atoms with E-state index in [9.17, 15) is 18.4 Å². The summed E-state index contributed by atoms with van der Waals surface area (Å²) in [5.41, 5.74) is 3.04. The summed E-state index contributed by atoms with van der Waals surface area (Å²) in [4.78, 5) is 33.2. The van der Waals surface area contributed by atoms with Crippen LogP contribution in [0.5, 0.6) is 0 Å². The van der Waals surface area contributed by atoms with Crippen molar-refractivity contribution in [3.05, 3.63) is 42.6 Å². The lowest BCUT2D eigenvalue weighted by Gasteiger charge is -2.40. The van der Waals surface area contributed by atoms with E-state index >= 15 is 0 Å². The lowest BCUT2D eigenvalue weighted by atomic mass is 10.0. The van der Waals surface area contributed by atoms with Gasteiger partial charge in [-0.25, -0.2) is 4.98 Å². The van der Waals surface area contributed by atoms with Gasteiger partial charge in [0, 0.05) is 60.5 Å². The first-order valence-corrected chi connectivity index (χ1v) is 12.5. The third-order valence-electron chi connectivity index (χ3n) is 6.56. The molecule has 1 saturated carbocycles. The van der Waals surface area contributed by atoms with Gasteiger partial charge in [-0.05, 0) is 61.1 Å². The minimum Gasteiger partial charge on any atom is -0.755 e. The number of carbonyl (C=O) groups excluding carboxylic acids is 2. The SMILES string of the molecule is CC(=O)N1CCC(N(c2ccc(-c3cc(NC(=O)C4CC4)nc4[nH]ccc34)cc2)S(=O)[O-])CC1. The molecule has 5 rings (SSSR count). The van der Waals surface area contributed by atoms with E-state index < -0.39 is 11.3 Å². The lowest BCUT2D eigenvalue weighted by molar-refractivity contribution is -0.129. The summed E-state index contributed by atoms with van der Waals surface area (Å²) in [6, 6.07) is 10.9. The average molecular weight is 481 g/mol. The molecule has 1 atom stereocenters. The van der Waals surface area contributed by atoms with Crippen LogP contribution in [0.4, 0.5) is 11.5 Å². The van der Waals surface area contributed by atoms with E-state index in [0.717, 1.165) is 29.4 Å². The van der Waals surface area contributed by atoms with Crippen molar-refractivity contribution in [2.75, 3.05) is 22.7 Å². The first kappa shape index (κ1) is 22.5. The van der Waals surface area contributed by atoms with Gasteiger partial charge in [-0.2, -0.15) is 0 Å². The van der Waals surface area contributed by atoms with Gasteiger partial charge in [-0.3, -0.25) is 18.1 Å². The van der Waals surface area contributed by atoms with Crippen molar-refractivity contribution in [1.82, 2.24) is 14.9 Å². The average Bonchev–Trinajstić information content (AvgIpc) is 3.57. The minimum atomic E-state index is -2.43. The molecule has 1 saturated heterocycles. The number of pyridine rings is 1. The molecule has 2 N–H and O–H groups in total. The number of hydrogen-bond donors (Lipinski definition) is 2. The third-order valence-corrected chi connectivity index (χ3v) is 7.39. The van der Waals surface area contributed by atoms with Crippen molar-refractivity contribution in [2.24, 2.45) is 5.92 Å². The van der Waals surface area contributed by atoms with Gasteiger partial charge >= 0.3 is 0 Å². The number of aromatic amines is 1. The molecule has 3 heterocycles. The number of anilines is 2. The Hall–Kier alpha value is -3.24. The second-order valence-corrected chi connectivity index (χ2v) is 9.71. The highest BCUT2D eigenvalue weighted by Crippen LogP contribution is 2.34. The van der Waals surface area contributed by atoms with E-state index in [1.807, 2.05) is 24.3 Å². The molecule has 1 aromatic carbocycles. The van der Waals surface area contributed by atoms with Gasteiger partial charge in [-0.15, -0.1) is 0 Å². The Morgan fingerprint density at radius 2 is 1.85 bits per heavy atom. The highest BCUT2D eigenvalue weighted by molar-refractivity contribution is 7.80. The molecular formula is C24H26N5O4S-. The zero-order valence-corrected chi connectivity index (χ0v) is 19.6. The molecule has 1 unspecified atom stereocenters. The zero-order valence-electron chi connectivity index (χ0n) is 18.8. The highest BCUT2D eigenvalue weighted by Gasteiger charge is 2.30. The molecule has 10 heteroatoms. The number of fused-ring (bicyclic) bond motifs is 1. The van der Waals surface area contributed by atoms with Gasteiger partial charge in [0.25, 0.3) is 0 Å². The van der Waals surface area contributed by atoms with E-state index in [2.05, 4.69) is 15.3 Å². The maximum absolute atomic E-state index is 12.2. The number of rotatable bonds is 6. The fraction of sp³-hybridized carbons (Fsp3) is 0.375. The van der Waals surface area contributed by atoms with E-state index in [1.54, 1.807) is 23.2 Å².